The molecule has 3 fully saturated rings. The normalized spacial score (nSPS) is 47.5. The Morgan fingerprint density at radius 2 is 1.88 bits per heavy atom. The molecule has 4 unspecified atom stereocenters. The molecular formula is C21H28O3. The van der Waals surface area contributed by atoms with Crippen LogP contribution in [0.3, 0.4) is 0 Å². The van der Waals surface area contributed by atoms with Crippen molar-refractivity contribution in [1.29, 1.82) is 0 Å². The Balaban J connectivity index is 1.74. The van der Waals surface area contributed by atoms with Gasteiger partial charge in [0.15, 0.2) is 5.78 Å². The van der Waals surface area contributed by atoms with Gasteiger partial charge >= 0.3 is 0 Å². The average molecular weight is 328 g/mol. The molecule has 24 heavy (non-hydrogen) atoms. The zero-order valence-electron chi connectivity index (χ0n) is 15.1. The summed E-state index contributed by atoms with van der Waals surface area (Å²) >= 11 is 0. The summed E-state index contributed by atoms with van der Waals surface area (Å²) in [6.07, 6.45) is 7.80. The van der Waals surface area contributed by atoms with Crippen LogP contribution >= 0.6 is 0 Å². The van der Waals surface area contributed by atoms with Crippen LogP contribution in [0, 0.1) is 34.5 Å². The fourth-order valence-corrected chi connectivity index (χ4v) is 7.05. The van der Waals surface area contributed by atoms with Gasteiger partial charge in [0, 0.05) is 24.7 Å². The van der Waals surface area contributed by atoms with E-state index in [1.165, 1.54) is 5.57 Å². The van der Waals surface area contributed by atoms with Gasteiger partial charge in [0.05, 0.1) is 0 Å². The predicted molar refractivity (Wildman–Crippen MR) is 91.3 cm³/mol. The summed E-state index contributed by atoms with van der Waals surface area (Å²) in [6, 6.07) is 0. The lowest BCUT2D eigenvalue weighted by molar-refractivity contribution is -0.148. The van der Waals surface area contributed by atoms with Gasteiger partial charge < -0.3 is 0 Å². The molecule has 0 N–H and O–H groups in total. The summed E-state index contributed by atoms with van der Waals surface area (Å²) in [5.41, 5.74) is 0.966. The van der Waals surface area contributed by atoms with E-state index in [9.17, 15) is 14.4 Å². The highest BCUT2D eigenvalue weighted by Crippen LogP contribution is 2.65. The SMILES string of the molecule is CC(=O)C1CCC2C3CCC4=CC(=O)CC[C@]4(C)C3C(=O)C[C@]12C. The van der Waals surface area contributed by atoms with Gasteiger partial charge in [-0.05, 0) is 67.8 Å². The minimum absolute atomic E-state index is 0.0603. The van der Waals surface area contributed by atoms with E-state index in [-0.39, 0.29) is 34.2 Å². The number of rotatable bonds is 1. The third-order valence-corrected chi connectivity index (χ3v) is 8.14. The Labute approximate surface area is 144 Å². The highest BCUT2D eigenvalue weighted by molar-refractivity contribution is 5.93. The molecule has 4 aliphatic carbocycles. The van der Waals surface area contributed by atoms with Gasteiger partial charge in [-0.1, -0.05) is 19.4 Å². The van der Waals surface area contributed by atoms with Crippen molar-refractivity contribution in [2.24, 2.45) is 34.5 Å². The van der Waals surface area contributed by atoms with Gasteiger partial charge in [-0.2, -0.15) is 0 Å². The summed E-state index contributed by atoms with van der Waals surface area (Å²) in [4.78, 5) is 37.3. The summed E-state index contributed by atoms with van der Waals surface area (Å²) < 4.78 is 0. The van der Waals surface area contributed by atoms with Crippen molar-refractivity contribution >= 4 is 17.3 Å². The third-order valence-electron chi connectivity index (χ3n) is 8.14. The van der Waals surface area contributed by atoms with Crippen LogP contribution in [0.5, 0.6) is 0 Å². The molecule has 3 heteroatoms. The van der Waals surface area contributed by atoms with Crippen LogP contribution in [-0.4, -0.2) is 17.3 Å². The minimum atomic E-state index is -0.133. The maximum absolute atomic E-state index is 13.3. The molecule has 0 aromatic rings. The number of hydrogen-bond acceptors (Lipinski definition) is 3. The third kappa shape index (κ3) is 1.99. The van der Waals surface area contributed by atoms with Crippen molar-refractivity contribution in [3.05, 3.63) is 11.6 Å². The molecule has 3 saturated carbocycles. The second-order valence-electron chi connectivity index (χ2n) is 9.23. The summed E-state index contributed by atoms with van der Waals surface area (Å²) in [6.45, 7) is 6.12. The standard InChI is InChI=1S/C21H28O3/c1-12(22)16-6-7-17-15-5-4-13-10-14(23)8-9-20(13,2)19(15)18(24)11-21(16,17)3/h10,15-17,19H,4-9,11H2,1-3H3/t15?,16?,17?,19?,20-,21+/m0/s1. The number of fused-ring (bicyclic) bond motifs is 5. The van der Waals surface area contributed by atoms with E-state index in [0.717, 1.165) is 32.1 Å². The molecule has 4 aliphatic rings. The lowest BCUT2D eigenvalue weighted by Gasteiger charge is -2.56. The summed E-state index contributed by atoms with van der Waals surface area (Å²) in [5, 5.41) is 0. The van der Waals surface area contributed by atoms with Crippen molar-refractivity contribution in [3.8, 4) is 0 Å². The molecule has 0 radical (unpaired) electrons. The lowest BCUT2D eigenvalue weighted by Crippen LogP contribution is -2.55. The highest BCUT2D eigenvalue weighted by Gasteiger charge is 2.62. The minimum Gasteiger partial charge on any atom is -0.300 e. The first-order valence-corrected chi connectivity index (χ1v) is 9.54. The molecule has 0 aromatic carbocycles. The number of carbonyl (C=O) groups is 3. The first kappa shape index (κ1) is 16.2. The van der Waals surface area contributed by atoms with Crippen LogP contribution in [-0.2, 0) is 14.4 Å². The smallest absolute Gasteiger partial charge is 0.155 e. The maximum Gasteiger partial charge on any atom is 0.155 e. The van der Waals surface area contributed by atoms with Crippen molar-refractivity contribution in [3.63, 3.8) is 0 Å². The van der Waals surface area contributed by atoms with Crippen LogP contribution < -0.4 is 0 Å². The van der Waals surface area contributed by atoms with Crippen LogP contribution in [0.4, 0.5) is 0 Å². The van der Waals surface area contributed by atoms with Crippen LogP contribution in [0.1, 0.15) is 65.7 Å². The molecule has 6 atom stereocenters. The maximum atomic E-state index is 13.3. The number of carbonyl (C=O) groups excluding carboxylic acids is 3. The Morgan fingerprint density at radius 1 is 1.12 bits per heavy atom. The fourth-order valence-electron chi connectivity index (χ4n) is 7.05. The van der Waals surface area contributed by atoms with Gasteiger partial charge in [-0.25, -0.2) is 0 Å². The molecule has 0 spiro atoms. The van der Waals surface area contributed by atoms with E-state index in [2.05, 4.69) is 13.8 Å². The molecule has 0 aliphatic heterocycles. The first-order valence-electron chi connectivity index (χ1n) is 9.54. The highest BCUT2D eigenvalue weighted by atomic mass is 16.1. The molecule has 3 nitrogen and oxygen atoms in total. The molecule has 0 amide bonds. The van der Waals surface area contributed by atoms with Crippen molar-refractivity contribution in [2.45, 2.75) is 65.7 Å². The van der Waals surface area contributed by atoms with E-state index in [1.54, 1.807) is 6.92 Å². The molecule has 0 aromatic heterocycles. The van der Waals surface area contributed by atoms with E-state index in [1.807, 2.05) is 6.08 Å². The average Bonchev–Trinajstić information content (AvgIpc) is 2.84. The molecule has 130 valence electrons. The predicted octanol–water partition coefficient (Wildman–Crippen LogP) is 3.90. The van der Waals surface area contributed by atoms with Crippen molar-refractivity contribution < 1.29 is 14.4 Å². The molecule has 0 heterocycles. The van der Waals surface area contributed by atoms with E-state index in [4.69, 9.17) is 0 Å². The molecule has 0 bridgehead atoms. The zero-order valence-corrected chi connectivity index (χ0v) is 15.1. The van der Waals surface area contributed by atoms with Crippen molar-refractivity contribution in [1.82, 2.24) is 0 Å². The Kier molecular flexibility index (Phi) is 3.47. The molecular weight excluding hydrogens is 300 g/mol. The van der Waals surface area contributed by atoms with Crippen LogP contribution in [0.2, 0.25) is 0 Å². The van der Waals surface area contributed by atoms with Gasteiger partial charge in [0.2, 0.25) is 0 Å². The largest absolute Gasteiger partial charge is 0.300 e. The Morgan fingerprint density at radius 3 is 2.58 bits per heavy atom. The van der Waals surface area contributed by atoms with E-state index >= 15 is 0 Å². The number of hydrogen-bond donors (Lipinski definition) is 0. The lowest BCUT2D eigenvalue weighted by atomic mass is 9.46. The van der Waals surface area contributed by atoms with Crippen LogP contribution in [0.25, 0.3) is 0 Å². The quantitative estimate of drug-likeness (QED) is 0.733. The van der Waals surface area contributed by atoms with E-state index in [0.29, 0.717) is 30.5 Å². The number of allylic oxidation sites excluding steroid dienone is 1. The van der Waals surface area contributed by atoms with Gasteiger partial charge in [0.1, 0.15) is 11.6 Å². The zero-order chi connectivity index (χ0) is 17.3. The molecule has 4 rings (SSSR count). The Bertz CT molecular complexity index is 660. The van der Waals surface area contributed by atoms with Crippen LogP contribution in [0.15, 0.2) is 11.6 Å². The Hall–Kier alpha value is -1.25. The topological polar surface area (TPSA) is 51.2 Å². The number of Topliss-reactive ketones (excluding diaryl/α,β-unsaturated/α-hetero) is 2. The summed E-state index contributed by atoms with van der Waals surface area (Å²) in [5.74, 6) is 1.86. The van der Waals surface area contributed by atoms with Gasteiger partial charge in [0.25, 0.3) is 0 Å². The van der Waals surface area contributed by atoms with Gasteiger partial charge in [-0.15, -0.1) is 0 Å². The van der Waals surface area contributed by atoms with Gasteiger partial charge in [-0.3, -0.25) is 14.4 Å². The first-order chi connectivity index (χ1) is 11.3. The second kappa shape index (κ2) is 5.12. The van der Waals surface area contributed by atoms with Crippen molar-refractivity contribution in [2.75, 3.05) is 0 Å². The van der Waals surface area contributed by atoms with E-state index < -0.39 is 0 Å². The molecule has 0 saturated heterocycles. The number of ketones is 3. The monoisotopic (exact) mass is 328 g/mol. The summed E-state index contributed by atoms with van der Waals surface area (Å²) in [7, 11) is 0. The fraction of sp³-hybridized carbons (Fsp3) is 0.762. The second-order valence-corrected chi connectivity index (χ2v) is 9.23.